The number of carbonyl (C=O) groups is 1. The molecule has 0 aliphatic heterocycles. The zero-order valence-corrected chi connectivity index (χ0v) is 9.79. The summed E-state index contributed by atoms with van der Waals surface area (Å²) in [4.78, 5) is 10.6. The standard InChI is InChI=1S/C8H10AsNO5/c1-7(11)10-14-9(12,15-13)8-5-3-2-4-6-8/h2-6,13H,1H3,(H,10,11). The van der Waals surface area contributed by atoms with Crippen molar-refractivity contribution in [2.75, 3.05) is 0 Å². The van der Waals surface area contributed by atoms with Crippen LogP contribution in [0.5, 0.6) is 0 Å². The molecule has 82 valence electrons. The fourth-order valence-electron chi connectivity index (χ4n) is 0.851. The van der Waals surface area contributed by atoms with Gasteiger partial charge in [0, 0.05) is 0 Å². The van der Waals surface area contributed by atoms with Crippen LogP contribution < -0.4 is 9.83 Å². The van der Waals surface area contributed by atoms with Crippen LogP contribution in [-0.2, 0) is 16.2 Å². The Balaban J connectivity index is 2.86. The van der Waals surface area contributed by atoms with E-state index in [1.807, 2.05) is 5.48 Å². The molecule has 0 spiro atoms. The first kappa shape index (κ1) is 12.0. The molecule has 6 nitrogen and oxygen atoms in total. The van der Waals surface area contributed by atoms with Crippen LogP contribution in [0.3, 0.4) is 0 Å². The predicted molar refractivity (Wildman–Crippen MR) is 51.1 cm³/mol. The second-order valence-corrected chi connectivity index (χ2v) is 6.56. The Hall–Kier alpha value is -1.07. The van der Waals surface area contributed by atoms with Crippen LogP contribution in [0.1, 0.15) is 6.92 Å². The molecule has 1 aromatic rings. The summed E-state index contributed by atoms with van der Waals surface area (Å²) in [6.45, 7) is 1.18. The van der Waals surface area contributed by atoms with Gasteiger partial charge in [-0.25, -0.2) is 0 Å². The topological polar surface area (TPSA) is 84.9 Å². The van der Waals surface area contributed by atoms with Crippen LogP contribution in [0.15, 0.2) is 30.3 Å². The number of benzene rings is 1. The molecule has 0 saturated heterocycles. The average Bonchev–Trinajstić information content (AvgIpc) is 2.27. The quantitative estimate of drug-likeness (QED) is 0.452. The minimum atomic E-state index is -4.55. The number of hydroxylamine groups is 1. The van der Waals surface area contributed by atoms with Crippen molar-refractivity contribution in [1.29, 1.82) is 0 Å². The van der Waals surface area contributed by atoms with E-state index < -0.39 is 20.1 Å². The molecular weight excluding hydrogens is 265 g/mol. The third-order valence-electron chi connectivity index (χ3n) is 1.49. The van der Waals surface area contributed by atoms with Gasteiger partial charge < -0.3 is 0 Å². The van der Waals surface area contributed by atoms with Crippen molar-refractivity contribution in [2.24, 2.45) is 0 Å². The Morgan fingerprint density at radius 2 is 2.00 bits per heavy atom. The van der Waals surface area contributed by atoms with Gasteiger partial charge in [-0.3, -0.25) is 0 Å². The number of carbonyl (C=O) groups excluding carboxylic acids is 1. The van der Waals surface area contributed by atoms with Crippen LogP contribution in [0.2, 0.25) is 0 Å². The van der Waals surface area contributed by atoms with Crippen LogP contribution >= 0.6 is 0 Å². The Labute approximate surface area is 89.1 Å². The molecule has 0 fully saturated rings. The van der Waals surface area contributed by atoms with Gasteiger partial charge in [0.2, 0.25) is 0 Å². The van der Waals surface area contributed by atoms with Gasteiger partial charge in [0.1, 0.15) is 0 Å². The second kappa shape index (κ2) is 5.13. The van der Waals surface area contributed by atoms with Gasteiger partial charge in [-0.05, 0) is 0 Å². The van der Waals surface area contributed by atoms with E-state index in [2.05, 4.69) is 7.70 Å². The summed E-state index contributed by atoms with van der Waals surface area (Å²) < 4.78 is 20.5. The summed E-state index contributed by atoms with van der Waals surface area (Å²) in [6.07, 6.45) is 0. The molecule has 7 heteroatoms. The van der Waals surface area contributed by atoms with Gasteiger partial charge in [-0.1, -0.05) is 0 Å². The summed E-state index contributed by atoms with van der Waals surface area (Å²) in [5.41, 5.74) is 1.88. The van der Waals surface area contributed by atoms with Crippen LogP contribution in [0, 0.1) is 0 Å². The van der Waals surface area contributed by atoms with E-state index in [0.717, 1.165) is 0 Å². The molecule has 0 aromatic heterocycles. The molecule has 1 rings (SSSR count). The number of hydrogen-bond acceptors (Lipinski definition) is 5. The van der Waals surface area contributed by atoms with Gasteiger partial charge in [0.05, 0.1) is 0 Å². The van der Waals surface area contributed by atoms with Crippen molar-refractivity contribution in [2.45, 2.75) is 6.92 Å². The van der Waals surface area contributed by atoms with E-state index in [4.69, 9.17) is 5.26 Å². The first-order valence-electron chi connectivity index (χ1n) is 4.02. The summed E-state index contributed by atoms with van der Waals surface area (Å²) >= 11 is -4.55. The summed E-state index contributed by atoms with van der Waals surface area (Å²) in [6, 6.07) is 7.87. The number of amides is 1. The van der Waals surface area contributed by atoms with Gasteiger partial charge in [-0.15, -0.1) is 0 Å². The fourth-order valence-corrected chi connectivity index (χ4v) is 2.99. The number of nitrogens with one attached hydrogen (secondary N) is 1. The molecule has 0 radical (unpaired) electrons. The molecule has 0 bridgehead atoms. The molecule has 1 unspecified atom stereocenters. The summed E-state index contributed by atoms with van der Waals surface area (Å²) in [5, 5.41) is 8.54. The molecule has 15 heavy (non-hydrogen) atoms. The van der Waals surface area contributed by atoms with Crippen LogP contribution in [-0.4, -0.2) is 25.3 Å². The number of rotatable bonds is 4. The average molecular weight is 275 g/mol. The Morgan fingerprint density at radius 1 is 1.40 bits per heavy atom. The second-order valence-electron chi connectivity index (χ2n) is 2.66. The van der Waals surface area contributed by atoms with E-state index >= 15 is 0 Å². The normalized spacial score (nSPS) is 14.3. The SMILES string of the molecule is CC(=O)NO[As](=O)(OO)c1ccccc1. The zero-order chi connectivity index (χ0) is 11.3. The van der Waals surface area contributed by atoms with Crippen molar-refractivity contribution in [3.63, 3.8) is 0 Å². The van der Waals surface area contributed by atoms with Crippen molar-refractivity contribution in [1.82, 2.24) is 5.48 Å². The molecule has 1 atom stereocenters. The molecule has 2 N–H and O–H groups in total. The zero-order valence-electron chi connectivity index (χ0n) is 7.91. The van der Waals surface area contributed by atoms with Gasteiger partial charge in [0.15, 0.2) is 0 Å². The molecule has 1 aromatic carbocycles. The van der Waals surface area contributed by atoms with E-state index in [1.54, 1.807) is 18.2 Å². The maximum absolute atomic E-state index is 11.8. The molecule has 1 amide bonds. The van der Waals surface area contributed by atoms with Crippen LogP contribution in [0.25, 0.3) is 0 Å². The molecule has 0 aliphatic carbocycles. The van der Waals surface area contributed by atoms with Crippen molar-refractivity contribution in [3.05, 3.63) is 30.3 Å². The van der Waals surface area contributed by atoms with E-state index in [-0.39, 0.29) is 4.35 Å². The van der Waals surface area contributed by atoms with Crippen molar-refractivity contribution < 1.29 is 21.5 Å². The van der Waals surface area contributed by atoms with Crippen molar-refractivity contribution in [3.8, 4) is 0 Å². The Bertz CT molecular complexity index is 380. The van der Waals surface area contributed by atoms with E-state index in [9.17, 15) is 8.53 Å². The molecule has 0 aliphatic rings. The van der Waals surface area contributed by atoms with E-state index in [0.29, 0.717) is 0 Å². The number of hydrogen-bond donors (Lipinski definition) is 2. The third-order valence-corrected chi connectivity index (χ3v) is 4.59. The first-order chi connectivity index (χ1) is 7.08. The van der Waals surface area contributed by atoms with Gasteiger partial charge in [-0.2, -0.15) is 0 Å². The fraction of sp³-hybridized carbons (Fsp3) is 0.125. The maximum atomic E-state index is 11.8. The Morgan fingerprint density at radius 3 is 2.47 bits per heavy atom. The first-order valence-corrected chi connectivity index (χ1v) is 7.26. The molecular formula is C8H10AsNO5. The molecule has 0 saturated carbocycles. The Kier molecular flexibility index (Phi) is 4.11. The minimum absolute atomic E-state index is 0.201. The van der Waals surface area contributed by atoms with E-state index in [1.165, 1.54) is 19.1 Å². The summed E-state index contributed by atoms with van der Waals surface area (Å²) in [7, 11) is 0. The molecule has 0 heterocycles. The third kappa shape index (κ3) is 3.21. The van der Waals surface area contributed by atoms with Crippen molar-refractivity contribution >= 4 is 24.4 Å². The predicted octanol–water partition coefficient (Wildman–Crippen LogP) is -0.180. The van der Waals surface area contributed by atoms with Gasteiger partial charge >= 0.3 is 88.7 Å². The summed E-state index contributed by atoms with van der Waals surface area (Å²) in [5.74, 6) is -0.537. The van der Waals surface area contributed by atoms with Gasteiger partial charge in [0.25, 0.3) is 0 Å². The monoisotopic (exact) mass is 275 g/mol. The van der Waals surface area contributed by atoms with Crippen LogP contribution in [0.4, 0.5) is 0 Å².